The second-order valence-electron chi connectivity index (χ2n) is 6.68. The molecule has 0 fully saturated rings. The van der Waals surface area contributed by atoms with E-state index in [0.29, 0.717) is 18.8 Å². The molecule has 0 aliphatic carbocycles. The van der Waals surface area contributed by atoms with E-state index in [9.17, 15) is 18.0 Å². The third-order valence-electron chi connectivity index (χ3n) is 4.41. The van der Waals surface area contributed by atoms with Crippen molar-refractivity contribution in [2.24, 2.45) is 0 Å². The highest BCUT2D eigenvalue weighted by molar-refractivity contribution is 7.89. The third-order valence-corrected chi connectivity index (χ3v) is 6.46. The number of esters is 1. The summed E-state index contributed by atoms with van der Waals surface area (Å²) >= 11 is 0. The van der Waals surface area contributed by atoms with Crippen molar-refractivity contribution >= 4 is 33.3 Å². The number of hydrogen-bond donors (Lipinski definition) is 1. The predicted molar refractivity (Wildman–Crippen MR) is 116 cm³/mol. The summed E-state index contributed by atoms with van der Waals surface area (Å²) in [5, 5.41) is 2.64. The summed E-state index contributed by atoms with van der Waals surface area (Å²) < 4.78 is 31.6. The summed E-state index contributed by atoms with van der Waals surface area (Å²) in [5.41, 5.74) is 1.62. The van der Waals surface area contributed by atoms with Crippen LogP contribution in [0.4, 0.5) is 11.4 Å². The molecule has 1 N–H and O–H groups in total. The molecule has 0 heterocycles. The maximum Gasteiger partial charge on any atom is 0.338 e. The second kappa shape index (κ2) is 10.2. The molecular formula is C21H27N3O5S. The Kier molecular flexibility index (Phi) is 7.96. The fourth-order valence-corrected chi connectivity index (χ4v) is 4.25. The fraction of sp³-hybridized carbons (Fsp3) is 0.333. The van der Waals surface area contributed by atoms with Crippen LogP contribution in [0.15, 0.2) is 53.4 Å². The quantitative estimate of drug-likeness (QED) is 0.611. The highest BCUT2D eigenvalue weighted by Gasteiger charge is 2.23. The molecule has 0 aliphatic heterocycles. The molecule has 0 bridgehead atoms. The zero-order valence-electron chi connectivity index (χ0n) is 17.6. The smallest absolute Gasteiger partial charge is 0.338 e. The van der Waals surface area contributed by atoms with Gasteiger partial charge in [-0.05, 0) is 42.5 Å². The van der Waals surface area contributed by atoms with Gasteiger partial charge in [-0.2, -0.15) is 4.31 Å². The Morgan fingerprint density at radius 3 is 2.20 bits per heavy atom. The topological polar surface area (TPSA) is 96.0 Å². The summed E-state index contributed by atoms with van der Waals surface area (Å²) in [5.74, 6) is -1.27. The molecule has 30 heavy (non-hydrogen) atoms. The largest absolute Gasteiger partial charge is 0.452 e. The molecule has 162 valence electrons. The summed E-state index contributed by atoms with van der Waals surface area (Å²) in [6, 6.07) is 12.8. The van der Waals surface area contributed by atoms with Gasteiger partial charge in [0.2, 0.25) is 10.0 Å². The number of nitrogens with zero attached hydrogens (tertiary/aromatic N) is 2. The maximum absolute atomic E-state index is 12.6. The van der Waals surface area contributed by atoms with E-state index < -0.39 is 28.5 Å². The molecule has 1 amide bonds. The van der Waals surface area contributed by atoms with Crippen LogP contribution in [0.3, 0.4) is 0 Å². The SMILES string of the molecule is CCN(CC)S(=O)(=O)c1cccc(C(=O)OCC(=O)Nc2ccc(N(C)C)cc2)c1. The molecule has 0 radical (unpaired) electrons. The average Bonchev–Trinajstić information content (AvgIpc) is 2.73. The maximum atomic E-state index is 12.6. The van der Waals surface area contributed by atoms with Gasteiger partial charge in [0.15, 0.2) is 6.61 Å². The minimum Gasteiger partial charge on any atom is -0.452 e. The minimum absolute atomic E-state index is 0.00563. The van der Waals surface area contributed by atoms with E-state index >= 15 is 0 Å². The number of amides is 1. The summed E-state index contributed by atoms with van der Waals surface area (Å²) in [6.45, 7) is 3.64. The van der Waals surface area contributed by atoms with Crippen molar-refractivity contribution in [3.8, 4) is 0 Å². The van der Waals surface area contributed by atoms with E-state index in [1.165, 1.54) is 28.6 Å². The molecule has 0 atom stereocenters. The molecule has 0 saturated heterocycles. The summed E-state index contributed by atoms with van der Waals surface area (Å²) in [4.78, 5) is 26.3. The van der Waals surface area contributed by atoms with Crippen LogP contribution in [0.1, 0.15) is 24.2 Å². The third kappa shape index (κ3) is 5.80. The highest BCUT2D eigenvalue weighted by Crippen LogP contribution is 2.18. The number of anilines is 2. The van der Waals surface area contributed by atoms with Gasteiger partial charge in [-0.3, -0.25) is 4.79 Å². The predicted octanol–water partition coefficient (Wildman–Crippen LogP) is 2.58. The fourth-order valence-electron chi connectivity index (χ4n) is 2.75. The minimum atomic E-state index is -3.70. The summed E-state index contributed by atoms with van der Waals surface area (Å²) in [6.07, 6.45) is 0. The highest BCUT2D eigenvalue weighted by atomic mass is 32.2. The average molecular weight is 434 g/mol. The Balaban J connectivity index is 2.00. The standard InChI is InChI=1S/C21H27N3O5S/c1-5-24(6-2)30(27,28)19-9-7-8-16(14-19)21(26)29-15-20(25)22-17-10-12-18(13-11-17)23(3)4/h7-14H,5-6,15H2,1-4H3,(H,22,25). The van der Waals surface area contributed by atoms with Gasteiger partial charge in [-0.25, -0.2) is 13.2 Å². The molecule has 0 aliphatic rings. The Bertz CT molecular complexity index is 984. The number of benzene rings is 2. The van der Waals surface area contributed by atoms with Crippen molar-refractivity contribution in [1.82, 2.24) is 4.31 Å². The number of carbonyl (C=O) groups is 2. The van der Waals surface area contributed by atoms with E-state index in [1.807, 2.05) is 31.1 Å². The van der Waals surface area contributed by atoms with Crippen LogP contribution >= 0.6 is 0 Å². The number of nitrogens with one attached hydrogen (secondary N) is 1. The van der Waals surface area contributed by atoms with Crippen LogP contribution in [-0.4, -0.2) is 58.4 Å². The molecule has 8 nitrogen and oxygen atoms in total. The molecule has 0 spiro atoms. The Morgan fingerprint density at radius 1 is 1.00 bits per heavy atom. The van der Waals surface area contributed by atoms with Crippen LogP contribution in [0.25, 0.3) is 0 Å². The van der Waals surface area contributed by atoms with Gasteiger partial charge in [0.1, 0.15) is 0 Å². The van der Waals surface area contributed by atoms with E-state index in [4.69, 9.17) is 4.74 Å². The van der Waals surface area contributed by atoms with Crippen molar-refractivity contribution in [2.45, 2.75) is 18.7 Å². The molecule has 2 aromatic rings. The number of sulfonamides is 1. The van der Waals surface area contributed by atoms with Gasteiger partial charge < -0.3 is 15.0 Å². The van der Waals surface area contributed by atoms with Gasteiger partial charge in [-0.1, -0.05) is 19.9 Å². The van der Waals surface area contributed by atoms with Crippen molar-refractivity contribution in [1.29, 1.82) is 0 Å². The van der Waals surface area contributed by atoms with Crippen molar-refractivity contribution in [2.75, 3.05) is 44.0 Å². The lowest BCUT2D eigenvalue weighted by atomic mass is 10.2. The lowest BCUT2D eigenvalue weighted by Crippen LogP contribution is -2.30. The lowest BCUT2D eigenvalue weighted by Gasteiger charge is -2.18. The Morgan fingerprint density at radius 2 is 1.63 bits per heavy atom. The number of carbonyl (C=O) groups excluding carboxylic acids is 2. The molecular weight excluding hydrogens is 406 g/mol. The molecule has 9 heteroatoms. The summed E-state index contributed by atoms with van der Waals surface area (Å²) in [7, 11) is 0.128. The van der Waals surface area contributed by atoms with E-state index in [0.717, 1.165) is 5.69 Å². The molecule has 0 aromatic heterocycles. The molecule has 0 unspecified atom stereocenters. The van der Waals surface area contributed by atoms with Gasteiger partial charge in [-0.15, -0.1) is 0 Å². The number of rotatable bonds is 9. The van der Waals surface area contributed by atoms with E-state index in [2.05, 4.69) is 5.32 Å². The first-order valence-corrected chi connectivity index (χ1v) is 11.0. The number of ether oxygens (including phenoxy) is 1. The van der Waals surface area contributed by atoms with Gasteiger partial charge in [0.05, 0.1) is 10.5 Å². The van der Waals surface area contributed by atoms with Crippen LogP contribution in [0.5, 0.6) is 0 Å². The Hall–Kier alpha value is -2.91. The number of hydrogen-bond acceptors (Lipinski definition) is 6. The van der Waals surface area contributed by atoms with Crippen LogP contribution in [-0.2, 0) is 19.6 Å². The Labute approximate surface area is 177 Å². The first kappa shape index (κ1) is 23.4. The first-order valence-electron chi connectivity index (χ1n) is 9.53. The van der Waals surface area contributed by atoms with Gasteiger partial charge in [0.25, 0.3) is 5.91 Å². The normalized spacial score (nSPS) is 11.2. The molecule has 0 saturated carbocycles. The van der Waals surface area contributed by atoms with Crippen molar-refractivity contribution in [3.63, 3.8) is 0 Å². The first-order chi connectivity index (χ1) is 14.2. The van der Waals surface area contributed by atoms with Crippen molar-refractivity contribution < 1.29 is 22.7 Å². The van der Waals surface area contributed by atoms with Crippen LogP contribution in [0.2, 0.25) is 0 Å². The van der Waals surface area contributed by atoms with Gasteiger partial charge >= 0.3 is 5.97 Å². The molecule has 2 rings (SSSR count). The lowest BCUT2D eigenvalue weighted by molar-refractivity contribution is -0.119. The van der Waals surface area contributed by atoms with E-state index in [1.54, 1.807) is 26.0 Å². The zero-order chi connectivity index (χ0) is 22.3. The van der Waals surface area contributed by atoms with E-state index in [-0.39, 0.29) is 10.5 Å². The molecule has 2 aromatic carbocycles. The van der Waals surface area contributed by atoms with Crippen molar-refractivity contribution in [3.05, 3.63) is 54.1 Å². The second-order valence-corrected chi connectivity index (χ2v) is 8.62. The van der Waals surface area contributed by atoms with Gasteiger partial charge in [0, 0.05) is 38.6 Å². The monoisotopic (exact) mass is 433 g/mol. The van der Waals surface area contributed by atoms with Crippen LogP contribution < -0.4 is 10.2 Å². The zero-order valence-corrected chi connectivity index (χ0v) is 18.4. The van der Waals surface area contributed by atoms with Crippen LogP contribution in [0, 0.1) is 0 Å².